The second-order valence-corrected chi connectivity index (χ2v) is 16.2. The lowest BCUT2D eigenvalue weighted by Crippen LogP contribution is -2.64. The zero-order valence-electron chi connectivity index (χ0n) is 28.0. The van der Waals surface area contributed by atoms with Crippen LogP contribution in [0.2, 0.25) is 0 Å². The normalized spacial score (nSPS) is 47.8. The Morgan fingerprint density at radius 1 is 1.05 bits per heavy atom. The molecule has 1 saturated heterocycles. The molecule has 0 aromatic heterocycles. The van der Waals surface area contributed by atoms with Crippen LogP contribution in [0.1, 0.15) is 99.8 Å². The Bertz CT molecular complexity index is 1140. The number of rotatable bonds is 8. The number of hydrogen-bond donors (Lipinski definition) is 5. The molecule has 4 fully saturated rings. The molecule has 13 atom stereocenters. The van der Waals surface area contributed by atoms with Gasteiger partial charge in [-0.1, -0.05) is 64.8 Å². The van der Waals surface area contributed by atoms with Gasteiger partial charge in [-0.2, -0.15) is 0 Å². The highest BCUT2D eigenvalue weighted by atomic mass is 16.7. The minimum atomic E-state index is -1.48. The molecule has 1 aliphatic heterocycles. The van der Waals surface area contributed by atoms with Crippen LogP contribution in [-0.4, -0.2) is 81.3 Å². The first-order valence-electron chi connectivity index (χ1n) is 17.0. The quantitative estimate of drug-likeness (QED) is 0.254. The van der Waals surface area contributed by atoms with E-state index in [2.05, 4.69) is 53.7 Å². The van der Waals surface area contributed by atoms with Crippen LogP contribution < -0.4 is 0 Å². The van der Waals surface area contributed by atoms with Gasteiger partial charge in [0, 0.05) is 17.3 Å². The first-order valence-corrected chi connectivity index (χ1v) is 17.0. The van der Waals surface area contributed by atoms with E-state index in [1.54, 1.807) is 0 Å². The first kappa shape index (κ1) is 34.2. The lowest BCUT2D eigenvalue weighted by Gasteiger charge is -2.65. The number of ether oxygens (including phenoxy) is 2. The van der Waals surface area contributed by atoms with Crippen LogP contribution in [0.25, 0.3) is 0 Å². The summed E-state index contributed by atoms with van der Waals surface area (Å²) in [5.41, 5.74) is 1.37. The molecule has 250 valence electrons. The van der Waals surface area contributed by atoms with Crippen LogP contribution in [0.5, 0.6) is 0 Å². The molecule has 0 aromatic rings. The van der Waals surface area contributed by atoms with Gasteiger partial charge in [-0.25, -0.2) is 0 Å². The molecule has 5 aliphatic rings. The third-order valence-corrected chi connectivity index (χ3v) is 13.9. The van der Waals surface area contributed by atoms with Gasteiger partial charge in [-0.05, 0) is 86.4 Å². The average molecular weight is 619 g/mol. The van der Waals surface area contributed by atoms with Crippen LogP contribution in [0.15, 0.2) is 23.3 Å². The number of aliphatic hydroxyl groups is 5. The molecular formula is C36H58O8. The van der Waals surface area contributed by atoms with Gasteiger partial charge in [-0.3, -0.25) is 4.79 Å². The van der Waals surface area contributed by atoms with Crippen LogP contribution in [0.3, 0.4) is 0 Å². The van der Waals surface area contributed by atoms with Gasteiger partial charge in [0.1, 0.15) is 30.2 Å². The maximum atomic E-state index is 14.6. The fourth-order valence-electron chi connectivity index (χ4n) is 10.8. The largest absolute Gasteiger partial charge is 0.394 e. The summed E-state index contributed by atoms with van der Waals surface area (Å²) in [6.45, 7) is 15.4. The Balaban J connectivity index is 1.38. The van der Waals surface area contributed by atoms with Crippen molar-refractivity contribution in [3.8, 4) is 0 Å². The Morgan fingerprint density at radius 2 is 1.75 bits per heavy atom. The van der Waals surface area contributed by atoms with Gasteiger partial charge >= 0.3 is 0 Å². The number of fused-ring (bicyclic) bond motifs is 5. The third kappa shape index (κ3) is 5.10. The second kappa shape index (κ2) is 12.1. The Labute approximate surface area is 263 Å². The van der Waals surface area contributed by atoms with Crippen molar-refractivity contribution in [1.29, 1.82) is 0 Å². The predicted molar refractivity (Wildman–Crippen MR) is 167 cm³/mol. The highest BCUT2D eigenvalue weighted by Gasteiger charge is 2.70. The summed E-state index contributed by atoms with van der Waals surface area (Å²) in [5.74, 6) is 1.78. The average Bonchev–Trinajstić information content (AvgIpc) is 3.24. The monoisotopic (exact) mass is 618 g/mol. The number of allylic oxidation sites excluding steroid dienone is 2. The van der Waals surface area contributed by atoms with Crippen LogP contribution in [-0.2, 0) is 14.3 Å². The molecule has 0 unspecified atom stereocenters. The highest BCUT2D eigenvalue weighted by Crippen LogP contribution is 2.74. The second-order valence-electron chi connectivity index (χ2n) is 16.2. The molecule has 5 rings (SSSR count). The number of hydrogen-bond acceptors (Lipinski definition) is 8. The van der Waals surface area contributed by atoms with E-state index in [4.69, 9.17) is 9.47 Å². The van der Waals surface area contributed by atoms with Crippen molar-refractivity contribution in [1.82, 2.24) is 0 Å². The minimum absolute atomic E-state index is 0.0479. The van der Waals surface area contributed by atoms with E-state index in [-0.39, 0.29) is 35.4 Å². The number of carbonyl (C=O) groups is 1. The third-order valence-electron chi connectivity index (χ3n) is 13.9. The van der Waals surface area contributed by atoms with Gasteiger partial charge in [0.25, 0.3) is 0 Å². The molecule has 1 heterocycles. The Hall–Kier alpha value is -1.13. The van der Waals surface area contributed by atoms with Crippen LogP contribution in [0, 0.1) is 45.3 Å². The SMILES string of the molecule is C/C(=C\CC[C@@H](C)[C@H]1CC[C@@]2(C)[C@@H]3CC=C4[C@@H](CC[C@H](O[C@@H]5O[C@H](CO)[C@@H](O)[C@H](O)[C@H]5O)C4(C)C)[C@]3(C)C(=O)C[C@]12C)CO. The predicted octanol–water partition coefficient (Wildman–Crippen LogP) is 4.31. The van der Waals surface area contributed by atoms with Gasteiger partial charge in [0.15, 0.2) is 6.29 Å². The van der Waals surface area contributed by atoms with E-state index in [0.29, 0.717) is 30.5 Å². The van der Waals surface area contributed by atoms with E-state index in [1.807, 2.05) is 6.92 Å². The van der Waals surface area contributed by atoms with E-state index >= 15 is 0 Å². The minimum Gasteiger partial charge on any atom is -0.394 e. The van der Waals surface area contributed by atoms with Gasteiger partial charge < -0.3 is 35.0 Å². The summed E-state index contributed by atoms with van der Waals surface area (Å²) in [7, 11) is 0. The van der Waals surface area contributed by atoms with Crippen molar-refractivity contribution in [3.05, 3.63) is 23.3 Å². The topological polar surface area (TPSA) is 137 Å². The summed E-state index contributed by atoms with van der Waals surface area (Å²) in [5, 5.41) is 50.2. The zero-order valence-corrected chi connectivity index (χ0v) is 28.0. The molecule has 0 bridgehead atoms. The van der Waals surface area contributed by atoms with Crippen molar-refractivity contribution in [2.45, 2.75) is 137 Å². The number of aliphatic hydroxyl groups excluding tert-OH is 5. The summed E-state index contributed by atoms with van der Waals surface area (Å²) >= 11 is 0. The van der Waals surface area contributed by atoms with Gasteiger partial charge in [0.05, 0.1) is 19.3 Å². The van der Waals surface area contributed by atoms with E-state index < -0.39 is 48.1 Å². The molecule has 0 radical (unpaired) electrons. The zero-order chi connectivity index (χ0) is 32.4. The summed E-state index contributed by atoms with van der Waals surface area (Å²) in [6, 6.07) is 0. The molecule has 0 spiro atoms. The molecule has 8 nitrogen and oxygen atoms in total. The molecule has 5 N–H and O–H groups in total. The highest BCUT2D eigenvalue weighted by molar-refractivity contribution is 5.88. The maximum absolute atomic E-state index is 14.6. The molecule has 0 aromatic carbocycles. The number of ketones is 1. The molecule has 0 amide bonds. The number of carbonyl (C=O) groups excluding carboxylic acids is 1. The van der Waals surface area contributed by atoms with Crippen LogP contribution in [0.4, 0.5) is 0 Å². The van der Waals surface area contributed by atoms with Crippen molar-refractivity contribution >= 4 is 5.78 Å². The molecule has 3 saturated carbocycles. The van der Waals surface area contributed by atoms with Crippen molar-refractivity contribution < 1.29 is 39.8 Å². The first-order chi connectivity index (χ1) is 20.6. The fraction of sp³-hybridized carbons (Fsp3) is 0.861. The standard InChI is InChI=1S/C36H58O8/c1-20(18-37)9-8-10-21(2)22-15-16-34(5)26-13-11-23-24(36(26,7)27(39)17-35(22,34)6)12-14-28(33(23,3)4)44-32-31(42)30(41)29(40)25(19-38)43-32/h9,11,21-22,24-26,28-32,37-38,40-42H,8,10,12-19H2,1-7H3/b20-9+/t21-,22-,24-,25-,26+,28+,29-,30+,31-,32+,34+,35-,36+/m1/s1. The van der Waals surface area contributed by atoms with Crippen molar-refractivity contribution in [2.75, 3.05) is 13.2 Å². The van der Waals surface area contributed by atoms with Gasteiger partial charge in [-0.15, -0.1) is 0 Å². The lowest BCUT2D eigenvalue weighted by atomic mass is 9.38. The Kier molecular flexibility index (Phi) is 9.45. The van der Waals surface area contributed by atoms with Crippen molar-refractivity contribution in [3.63, 3.8) is 0 Å². The van der Waals surface area contributed by atoms with E-state index in [9.17, 15) is 30.3 Å². The summed E-state index contributed by atoms with van der Waals surface area (Å²) < 4.78 is 12.1. The summed E-state index contributed by atoms with van der Waals surface area (Å²) in [4.78, 5) is 14.6. The fourth-order valence-corrected chi connectivity index (χ4v) is 10.8. The van der Waals surface area contributed by atoms with E-state index in [1.165, 1.54) is 5.57 Å². The molecular weight excluding hydrogens is 560 g/mol. The number of Topliss-reactive ketones (excluding diaryl/α,β-unsaturated/α-hetero) is 1. The molecule has 4 aliphatic carbocycles. The summed E-state index contributed by atoms with van der Waals surface area (Å²) in [6.07, 6.45) is 4.96. The van der Waals surface area contributed by atoms with Crippen molar-refractivity contribution in [2.24, 2.45) is 45.3 Å². The van der Waals surface area contributed by atoms with Gasteiger partial charge in [0.2, 0.25) is 0 Å². The molecule has 8 heteroatoms. The maximum Gasteiger partial charge on any atom is 0.187 e. The Morgan fingerprint density at radius 3 is 2.41 bits per heavy atom. The lowest BCUT2D eigenvalue weighted by molar-refractivity contribution is -0.319. The molecule has 44 heavy (non-hydrogen) atoms. The smallest absolute Gasteiger partial charge is 0.187 e. The van der Waals surface area contributed by atoms with E-state index in [0.717, 1.165) is 44.1 Å². The van der Waals surface area contributed by atoms with Crippen LogP contribution >= 0.6 is 0 Å².